The highest BCUT2D eigenvalue weighted by atomic mass is 79.9. The molecule has 0 radical (unpaired) electrons. The van der Waals surface area contributed by atoms with E-state index in [-0.39, 0.29) is 0 Å². The normalized spacial score (nSPS) is 10.3. The van der Waals surface area contributed by atoms with Crippen molar-refractivity contribution in [3.8, 4) is 0 Å². The quantitative estimate of drug-likeness (QED) is 0.622. The molecule has 0 aliphatic carbocycles. The molecule has 0 amide bonds. The average molecular weight is 209 g/mol. The smallest absolute Gasteiger partial charge is 0.117 e. The molecule has 0 saturated carbocycles. The summed E-state index contributed by atoms with van der Waals surface area (Å²) in [5.74, 6) is 0. The summed E-state index contributed by atoms with van der Waals surface area (Å²) in [5, 5.41) is 1.05. The maximum Gasteiger partial charge on any atom is 0.117 e. The number of para-hydroxylation sites is 1. The van der Waals surface area contributed by atoms with Crippen molar-refractivity contribution in [2.24, 2.45) is 0 Å². The Balaban J connectivity index is 2.91. The predicted octanol–water partition coefficient (Wildman–Crippen LogP) is 2.39. The second-order valence-corrected chi connectivity index (χ2v) is 2.93. The molecule has 0 N–H and O–H groups in total. The molecule has 0 saturated heterocycles. The molecule has 0 fully saturated rings. The topological polar surface area (TPSA) is 25.8 Å². The van der Waals surface area contributed by atoms with Gasteiger partial charge in [-0.05, 0) is 22.0 Å². The van der Waals surface area contributed by atoms with Crippen LogP contribution in [0, 0.1) is 0 Å². The van der Waals surface area contributed by atoms with Crippen LogP contribution in [0.1, 0.15) is 0 Å². The van der Waals surface area contributed by atoms with Gasteiger partial charge in [-0.3, -0.25) is 0 Å². The maximum absolute atomic E-state index is 4.10. The van der Waals surface area contributed by atoms with E-state index in [0.29, 0.717) is 0 Å². The van der Waals surface area contributed by atoms with Gasteiger partial charge >= 0.3 is 0 Å². The molecule has 0 bridgehead atoms. The van der Waals surface area contributed by atoms with Gasteiger partial charge in [0.2, 0.25) is 0 Å². The molecule has 0 aliphatic rings. The van der Waals surface area contributed by atoms with Crippen molar-refractivity contribution < 1.29 is 0 Å². The van der Waals surface area contributed by atoms with Crippen LogP contribution in [-0.4, -0.2) is 9.97 Å². The summed E-state index contributed by atoms with van der Waals surface area (Å²) in [6.45, 7) is 0. The van der Waals surface area contributed by atoms with Gasteiger partial charge in [0, 0.05) is 5.39 Å². The molecule has 54 valence electrons. The Morgan fingerprint density at radius 1 is 1.09 bits per heavy atom. The number of rotatable bonds is 0. The Morgan fingerprint density at radius 2 is 1.91 bits per heavy atom. The summed E-state index contributed by atoms with van der Waals surface area (Å²) in [6.07, 6.45) is 1.55. The van der Waals surface area contributed by atoms with E-state index in [9.17, 15) is 0 Å². The Bertz CT molecular complexity index is 381. The van der Waals surface area contributed by atoms with Gasteiger partial charge < -0.3 is 0 Å². The van der Waals surface area contributed by atoms with Crippen molar-refractivity contribution >= 4 is 26.8 Å². The molecular formula is C8H5BrN2. The molecule has 1 aromatic heterocycles. The molecule has 0 aliphatic heterocycles. The summed E-state index contributed by atoms with van der Waals surface area (Å²) in [7, 11) is 0. The molecule has 2 nitrogen and oxygen atoms in total. The second-order valence-electron chi connectivity index (χ2n) is 2.18. The lowest BCUT2D eigenvalue weighted by atomic mass is 10.2. The zero-order chi connectivity index (χ0) is 7.68. The highest BCUT2D eigenvalue weighted by molar-refractivity contribution is 9.10. The molecule has 0 atom stereocenters. The number of fused-ring (bicyclic) bond motifs is 1. The van der Waals surface area contributed by atoms with Gasteiger partial charge in [0.05, 0.1) is 5.52 Å². The minimum Gasteiger partial charge on any atom is -0.236 e. The Labute approximate surface area is 72.4 Å². The maximum atomic E-state index is 4.10. The van der Waals surface area contributed by atoms with Crippen LogP contribution < -0.4 is 0 Å². The number of aromatic nitrogens is 2. The van der Waals surface area contributed by atoms with Crippen LogP contribution in [0.2, 0.25) is 0 Å². The molecular weight excluding hydrogens is 204 g/mol. The van der Waals surface area contributed by atoms with Gasteiger partial charge in [-0.1, -0.05) is 18.2 Å². The fraction of sp³-hybridized carbons (Fsp3) is 0. The van der Waals surface area contributed by atoms with Crippen molar-refractivity contribution in [3.05, 3.63) is 35.2 Å². The molecule has 11 heavy (non-hydrogen) atoms. The van der Waals surface area contributed by atoms with Crippen LogP contribution >= 0.6 is 15.9 Å². The number of benzene rings is 1. The lowest BCUT2D eigenvalue weighted by Gasteiger charge is -1.95. The molecule has 1 heterocycles. The van der Waals surface area contributed by atoms with E-state index >= 15 is 0 Å². The summed E-state index contributed by atoms with van der Waals surface area (Å²) in [4.78, 5) is 8.11. The molecule has 1 aromatic carbocycles. The van der Waals surface area contributed by atoms with Crippen LogP contribution in [0.3, 0.4) is 0 Å². The van der Waals surface area contributed by atoms with E-state index in [2.05, 4.69) is 25.9 Å². The predicted molar refractivity (Wildman–Crippen MR) is 47.2 cm³/mol. The summed E-state index contributed by atoms with van der Waals surface area (Å²) in [5.41, 5.74) is 0.967. The second kappa shape index (κ2) is 2.58. The first-order valence-corrected chi connectivity index (χ1v) is 4.02. The van der Waals surface area contributed by atoms with E-state index in [0.717, 1.165) is 15.5 Å². The molecule has 2 rings (SSSR count). The molecule has 2 aromatic rings. The van der Waals surface area contributed by atoms with Crippen LogP contribution in [0.25, 0.3) is 10.9 Å². The largest absolute Gasteiger partial charge is 0.236 e. The first-order valence-electron chi connectivity index (χ1n) is 3.23. The Morgan fingerprint density at radius 3 is 2.73 bits per heavy atom. The number of nitrogens with zero attached hydrogens (tertiary/aromatic N) is 2. The van der Waals surface area contributed by atoms with Gasteiger partial charge in [0.15, 0.2) is 0 Å². The molecule has 3 heteroatoms. The Kier molecular flexibility index (Phi) is 1.58. The van der Waals surface area contributed by atoms with E-state index < -0.39 is 0 Å². The Hall–Kier alpha value is -0.960. The van der Waals surface area contributed by atoms with Crippen molar-refractivity contribution in [2.45, 2.75) is 0 Å². The van der Waals surface area contributed by atoms with E-state index in [4.69, 9.17) is 0 Å². The summed E-state index contributed by atoms with van der Waals surface area (Å²) >= 11 is 3.35. The number of hydrogen-bond acceptors (Lipinski definition) is 2. The van der Waals surface area contributed by atoms with Crippen molar-refractivity contribution in [1.29, 1.82) is 0 Å². The van der Waals surface area contributed by atoms with E-state index in [1.54, 1.807) is 6.33 Å². The van der Waals surface area contributed by atoms with E-state index in [1.165, 1.54) is 0 Å². The van der Waals surface area contributed by atoms with Crippen molar-refractivity contribution in [3.63, 3.8) is 0 Å². The average Bonchev–Trinajstić information content (AvgIpc) is 2.06. The monoisotopic (exact) mass is 208 g/mol. The van der Waals surface area contributed by atoms with Crippen LogP contribution in [0.15, 0.2) is 35.2 Å². The van der Waals surface area contributed by atoms with Gasteiger partial charge in [-0.2, -0.15) is 0 Å². The van der Waals surface area contributed by atoms with Crippen LogP contribution in [0.4, 0.5) is 0 Å². The standard InChI is InChI=1S/C8H5BrN2/c9-8-6-3-1-2-4-7(6)10-5-11-8/h1-5H. The number of halogens is 1. The fourth-order valence-electron chi connectivity index (χ4n) is 0.972. The zero-order valence-corrected chi connectivity index (χ0v) is 7.25. The van der Waals surface area contributed by atoms with Crippen LogP contribution in [-0.2, 0) is 0 Å². The third kappa shape index (κ3) is 1.12. The minimum atomic E-state index is 0.850. The third-order valence-corrected chi connectivity index (χ3v) is 2.13. The SMILES string of the molecule is Brc1ncnc2ccccc12. The lowest BCUT2D eigenvalue weighted by Crippen LogP contribution is -1.81. The summed E-state index contributed by atoms with van der Waals surface area (Å²) in [6, 6.07) is 7.87. The van der Waals surface area contributed by atoms with Gasteiger partial charge in [0.25, 0.3) is 0 Å². The van der Waals surface area contributed by atoms with Gasteiger partial charge in [-0.25, -0.2) is 9.97 Å². The van der Waals surface area contributed by atoms with Crippen LogP contribution in [0.5, 0.6) is 0 Å². The molecule has 0 unspecified atom stereocenters. The van der Waals surface area contributed by atoms with Gasteiger partial charge in [0.1, 0.15) is 10.9 Å². The third-order valence-electron chi connectivity index (χ3n) is 1.49. The first kappa shape index (κ1) is 6.73. The van der Waals surface area contributed by atoms with E-state index in [1.807, 2.05) is 24.3 Å². The van der Waals surface area contributed by atoms with Crippen molar-refractivity contribution in [1.82, 2.24) is 9.97 Å². The first-order chi connectivity index (χ1) is 5.38. The van der Waals surface area contributed by atoms with Gasteiger partial charge in [-0.15, -0.1) is 0 Å². The number of hydrogen-bond donors (Lipinski definition) is 0. The fourth-order valence-corrected chi connectivity index (χ4v) is 1.40. The van der Waals surface area contributed by atoms with Crippen molar-refractivity contribution in [2.75, 3.05) is 0 Å². The highest BCUT2D eigenvalue weighted by Crippen LogP contribution is 2.18. The minimum absolute atomic E-state index is 0.850. The highest BCUT2D eigenvalue weighted by Gasteiger charge is 1.96. The summed E-state index contributed by atoms with van der Waals surface area (Å²) < 4.78 is 0.850. The lowest BCUT2D eigenvalue weighted by molar-refractivity contribution is 1.19. The zero-order valence-electron chi connectivity index (χ0n) is 5.66. The molecule has 0 spiro atoms.